The van der Waals surface area contributed by atoms with Crippen molar-refractivity contribution in [3.8, 4) is 11.5 Å². The largest absolute Gasteiger partial charge is 0.457 e. The Morgan fingerprint density at radius 1 is 0.889 bits per heavy atom. The lowest BCUT2D eigenvalue weighted by Gasteiger charge is -2.08. The van der Waals surface area contributed by atoms with E-state index in [0.29, 0.717) is 5.92 Å². The van der Waals surface area contributed by atoms with E-state index >= 15 is 0 Å². The second kappa shape index (κ2) is 6.05. The Hall–Kier alpha value is -1.28. The molecule has 0 amide bonds. The average molecular weight is 305 g/mol. The van der Waals surface area contributed by atoms with Crippen molar-refractivity contribution >= 4 is 15.9 Å². The van der Waals surface area contributed by atoms with Gasteiger partial charge in [-0.05, 0) is 54.3 Å². The number of rotatable bonds is 4. The Kier molecular flexibility index (Phi) is 4.43. The van der Waals surface area contributed by atoms with E-state index in [1.165, 1.54) is 5.56 Å². The molecule has 0 heterocycles. The van der Waals surface area contributed by atoms with Gasteiger partial charge in [0.05, 0.1) is 0 Å². The highest BCUT2D eigenvalue weighted by Gasteiger charge is 2.00. The normalized spacial score (nSPS) is 10.7. The summed E-state index contributed by atoms with van der Waals surface area (Å²) < 4.78 is 6.83. The van der Waals surface area contributed by atoms with E-state index < -0.39 is 0 Å². The lowest BCUT2D eigenvalue weighted by atomic mass is 10.0. The monoisotopic (exact) mass is 304 g/mol. The van der Waals surface area contributed by atoms with Gasteiger partial charge in [0.2, 0.25) is 0 Å². The van der Waals surface area contributed by atoms with Crippen molar-refractivity contribution in [3.63, 3.8) is 0 Å². The minimum atomic E-state index is 0.684. The fourth-order valence-electron chi connectivity index (χ4n) is 1.80. The van der Waals surface area contributed by atoms with E-state index in [2.05, 4.69) is 41.9 Å². The minimum Gasteiger partial charge on any atom is -0.457 e. The van der Waals surface area contributed by atoms with Crippen LogP contribution in [0, 0.1) is 5.92 Å². The molecule has 0 atom stereocenters. The summed E-state index contributed by atoms with van der Waals surface area (Å²) in [6, 6.07) is 16.2. The molecule has 2 aromatic rings. The molecule has 0 bridgehead atoms. The molecule has 2 heteroatoms. The van der Waals surface area contributed by atoms with E-state index in [1.54, 1.807) is 0 Å². The zero-order valence-corrected chi connectivity index (χ0v) is 12.3. The quantitative estimate of drug-likeness (QED) is 0.731. The third-order valence-corrected chi connectivity index (χ3v) is 3.15. The Morgan fingerprint density at radius 3 is 1.89 bits per heavy atom. The summed E-state index contributed by atoms with van der Waals surface area (Å²) in [6.45, 7) is 4.46. The van der Waals surface area contributed by atoms with Crippen LogP contribution >= 0.6 is 15.9 Å². The van der Waals surface area contributed by atoms with Crippen LogP contribution in [0.4, 0.5) is 0 Å². The molecule has 0 aliphatic rings. The van der Waals surface area contributed by atoms with Gasteiger partial charge >= 0.3 is 0 Å². The van der Waals surface area contributed by atoms with Crippen LogP contribution in [0.15, 0.2) is 53.0 Å². The number of hydrogen-bond acceptors (Lipinski definition) is 1. The van der Waals surface area contributed by atoms with Gasteiger partial charge in [-0.25, -0.2) is 0 Å². The molecule has 94 valence electrons. The van der Waals surface area contributed by atoms with Crippen LogP contribution in [-0.2, 0) is 6.42 Å². The van der Waals surface area contributed by atoms with Gasteiger partial charge in [0.1, 0.15) is 11.5 Å². The lowest BCUT2D eigenvalue weighted by molar-refractivity contribution is 0.482. The summed E-state index contributed by atoms with van der Waals surface area (Å²) in [6.07, 6.45) is 1.11. The SMILES string of the molecule is CC(C)Cc1ccc(Oc2ccc(Br)cc2)cc1. The smallest absolute Gasteiger partial charge is 0.127 e. The maximum absolute atomic E-state index is 5.77. The van der Waals surface area contributed by atoms with Gasteiger partial charge in [-0.3, -0.25) is 0 Å². The van der Waals surface area contributed by atoms with Crippen molar-refractivity contribution < 1.29 is 4.74 Å². The summed E-state index contributed by atoms with van der Waals surface area (Å²) >= 11 is 3.41. The predicted molar refractivity (Wildman–Crippen MR) is 79.2 cm³/mol. The zero-order chi connectivity index (χ0) is 13.0. The molecular formula is C16H17BrO. The van der Waals surface area contributed by atoms with E-state index in [9.17, 15) is 0 Å². The third kappa shape index (κ3) is 3.88. The lowest BCUT2D eigenvalue weighted by Crippen LogP contribution is -1.93. The summed E-state index contributed by atoms with van der Waals surface area (Å²) in [5.41, 5.74) is 1.35. The second-order valence-electron chi connectivity index (χ2n) is 4.80. The number of hydrogen-bond donors (Lipinski definition) is 0. The molecule has 1 nitrogen and oxygen atoms in total. The molecule has 0 saturated carbocycles. The molecule has 0 fully saturated rings. The van der Waals surface area contributed by atoms with Gasteiger partial charge in [-0.1, -0.05) is 41.9 Å². The fraction of sp³-hybridized carbons (Fsp3) is 0.250. The number of ether oxygens (including phenoxy) is 1. The molecule has 0 radical (unpaired) electrons. The van der Waals surface area contributed by atoms with Crippen LogP contribution in [-0.4, -0.2) is 0 Å². The Morgan fingerprint density at radius 2 is 1.39 bits per heavy atom. The molecular weight excluding hydrogens is 288 g/mol. The molecule has 0 spiro atoms. The first-order valence-corrected chi connectivity index (χ1v) is 6.95. The van der Waals surface area contributed by atoms with Crippen molar-refractivity contribution in [3.05, 3.63) is 58.6 Å². The van der Waals surface area contributed by atoms with Crippen LogP contribution < -0.4 is 4.74 Å². The fourth-order valence-corrected chi connectivity index (χ4v) is 2.07. The van der Waals surface area contributed by atoms with Crippen molar-refractivity contribution in [2.75, 3.05) is 0 Å². The van der Waals surface area contributed by atoms with Crippen LogP contribution in [0.25, 0.3) is 0 Å². The molecule has 2 aromatic carbocycles. The van der Waals surface area contributed by atoms with Crippen LogP contribution in [0.2, 0.25) is 0 Å². The number of benzene rings is 2. The second-order valence-corrected chi connectivity index (χ2v) is 5.71. The standard InChI is InChI=1S/C16H17BrO/c1-12(2)11-13-3-7-15(8-4-13)18-16-9-5-14(17)6-10-16/h3-10,12H,11H2,1-2H3. The first kappa shape index (κ1) is 13.2. The van der Waals surface area contributed by atoms with Gasteiger partial charge in [-0.15, -0.1) is 0 Å². The van der Waals surface area contributed by atoms with Crippen LogP contribution in [0.3, 0.4) is 0 Å². The highest BCUT2D eigenvalue weighted by Crippen LogP contribution is 2.23. The Labute approximate surface area is 117 Å². The first-order chi connectivity index (χ1) is 8.63. The predicted octanol–water partition coefficient (Wildman–Crippen LogP) is 5.44. The third-order valence-electron chi connectivity index (χ3n) is 2.62. The summed E-state index contributed by atoms with van der Waals surface area (Å²) in [5, 5.41) is 0. The molecule has 2 rings (SSSR count). The maximum atomic E-state index is 5.77. The van der Waals surface area contributed by atoms with Crippen molar-refractivity contribution in [1.82, 2.24) is 0 Å². The van der Waals surface area contributed by atoms with E-state index in [0.717, 1.165) is 22.4 Å². The van der Waals surface area contributed by atoms with Crippen molar-refractivity contribution in [2.24, 2.45) is 5.92 Å². The molecule has 18 heavy (non-hydrogen) atoms. The van der Waals surface area contributed by atoms with E-state index in [-0.39, 0.29) is 0 Å². The number of halogens is 1. The van der Waals surface area contributed by atoms with Crippen molar-refractivity contribution in [2.45, 2.75) is 20.3 Å². The van der Waals surface area contributed by atoms with E-state index in [4.69, 9.17) is 4.74 Å². The van der Waals surface area contributed by atoms with Crippen molar-refractivity contribution in [1.29, 1.82) is 0 Å². The summed E-state index contributed by atoms with van der Waals surface area (Å²) in [7, 11) is 0. The molecule has 0 unspecified atom stereocenters. The molecule has 0 aliphatic heterocycles. The Bertz CT molecular complexity index is 486. The minimum absolute atomic E-state index is 0.684. The summed E-state index contributed by atoms with van der Waals surface area (Å²) in [5.74, 6) is 2.42. The molecule has 0 aromatic heterocycles. The van der Waals surface area contributed by atoms with Gasteiger partial charge < -0.3 is 4.74 Å². The topological polar surface area (TPSA) is 9.23 Å². The van der Waals surface area contributed by atoms with Gasteiger partial charge in [0.25, 0.3) is 0 Å². The van der Waals surface area contributed by atoms with Crippen LogP contribution in [0.1, 0.15) is 19.4 Å². The molecule has 0 saturated heterocycles. The van der Waals surface area contributed by atoms with Gasteiger partial charge in [-0.2, -0.15) is 0 Å². The van der Waals surface area contributed by atoms with E-state index in [1.807, 2.05) is 36.4 Å². The molecule has 0 N–H and O–H groups in total. The van der Waals surface area contributed by atoms with Gasteiger partial charge in [0.15, 0.2) is 0 Å². The average Bonchev–Trinajstić information content (AvgIpc) is 2.34. The highest BCUT2D eigenvalue weighted by atomic mass is 79.9. The zero-order valence-electron chi connectivity index (χ0n) is 10.7. The molecule has 0 aliphatic carbocycles. The highest BCUT2D eigenvalue weighted by molar-refractivity contribution is 9.10. The first-order valence-electron chi connectivity index (χ1n) is 6.16. The van der Waals surface area contributed by atoms with Gasteiger partial charge in [0, 0.05) is 4.47 Å². The Balaban J connectivity index is 2.04. The summed E-state index contributed by atoms with van der Waals surface area (Å²) in [4.78, 5) is 0. The maximum Gasteiger partial charge on any atom is 0.127 e. The van der Waals surface area contributed by atoms with Crippen LogP contribution in [0.5, 0.6) is 11.5 Å².